The number of benzene rings is 3. The summed E-state index contributed by atoms with van der Waals surface area (Å²) in [5, 5.41) is 14.1. The Morgan fingerprint density at radius 3 is 1.77 bits per heavy atom. The summed E-state index contributed by atoms with van der Waals surface area (Å²) >= 11 is 0. The van der Waals surface area contributed by atoms with Crippen LogP contribution in [0.25, 0.3) is 6.08 Å². The zero-order chi connectivity index (χ0) is 34.8. The Balaban J connectivity index is 1.43. The minimum atomic E-state index is -1.37. The summed E-state index contributed by atoms with van der Waals surface area (Å²) < 4.78 is 26.8. The van der Waals surface area contributed by atoms with Crippen LogP contribution in [-0.2, 0) is 19.1 Å². The minimum absolute atomic E-state index is 0.306. The highest BCUT2D eigenvalue weighted by molar-refractivity contribution is 5.91. The SMILES string of the molecule is C=CC(=O)OCCCCOc1ccc(/C=C/C(C)(O)Nc2ccc(OC(=O)c3ccc(OCCCCOC(=O)C=C)cc3)cc2C)cc1. The van der Waals surface area contributed by atoms with Gasteiger partial charge in [-0.15, -0.1) is 0 Å². The molecular weight excluding hydrogens is 614 g/mol. The Labute approximate surface area is 281 Å². The zero-order valence-corrected chi connectivity index (χ0v) is 27.4. The first-order valence-corrected chi connectivity index (χ1v) is 15.7. The van der Waals surface area contributed by atoms with E-state index < -0.39 is 23.6 Å². The van der Waals surface area contributed by atoms with Crippen LogP contribution in [0.1, 0.15) is 54.1 Å². The highest BCUT2D eigenvalue weighted by Gasteiger charge is 2.18. The summed E-state index contributed by atoms with van der Waals surface area (Å²) in [6.45, 7) is 11.8. The van der Waals surface area contributed by atoms with Crippen molar-refractivity contribution in [3.8, 4) is 17.2 Å². The zero-order valence-electron chi connectivity index (χ0n) is 27.4. The molecule has 0 amide bonds. The molecule has 1 unspecified atom stereocenters. The van der Waals surface area contributed by atoms with Crippen molar-refractivity contribution in [1.29, 1.82) is 0 Å². The molecule has 0 bridgehead atoms. The fourth-order valence-electron chi connectivity index (χ4n) is 4.19. The van der Waals surface area contributed by atoms with Gasteiger partial charge in [-0.25, -0.2) is 14.4 Å². The molecule has 0 aliphatic rings. The van der Waals surface area contributed by atoms with E-state index in [2.05, 4.69) is 18.5 Å². The molecule has 0 saturated heterocycles. The molecule has 48 heavy (non-hydrogen) atoms. The van der Waals surface area contributed by atoms with Gasteiger partial charge in [-0.1, -0.05) is 31.4 Å². The third kappa shape index (κ3) is 13.6. The maximum absolute atomic E-state index is 12.7. The second kappa shape index (κ2) is 19.3. The number of hydrogen-bond donors (Lipinski definition) is 2. The number of anilines is 1. The lowest BCUT2D eigenvalue weighted by Crippen LogP contribution is -2.31. The predicted molar refractivity (Wildman–Crippen MR) is 184 cm³/mol. The Kier molecular flexibility index (Phi) is 15.0. The summed E-state index contributed by atoms with van der Waals surface area (Å²) in [5.41, 5.74) is 1.33. The number of ether oxygens (including phenoxy) is 5. The van der Waals surface area contributed by atoms with Crippen LogP contribution < -0.4 is 19.5 Å². The van der Waals surface area contributed by atoms with Gasteiger partial charge in [0.25, 0.3) is 0 Å². The summed E-state index contributed by atoms with van der Waals surface area (Å²) in [5.74, 6) is 0.320. The van der Waals surface area contributed by atoms with Gasteiger partial charge < -0.3 is 34.1 Å². The smallest absolute Gasteiger partial charge is 0.343 e. The minimum Gasteiger partial charge on any atom is -0.494 e. The fraction of sp³-hybridized carbons (Fsp3) is 0.289. The van der Waals surface area contributed by atoms with E-state index >= 15 is 0 Å². The van der Waals surface area contributed by atoms with E-state index in [1.807, 2.05) is 31.2 Å². The van der Waals surface area contributed by atoms with Crippen LogP contribution >= 0.6 is 0 Å². The second-order valence-corrected chi connectivity index (χ2v) is 10.9. The number of rotatable bonds is 20. The third-order valence-electron chi connectivity index (χ3n) is 6.80. The van der Waals surface area contributed by atoms with Gasteiger partial charge in [0.15, 0.2) is 5.72 Å². The van der Waals surface area contributed by atoms with Crippen LogP contribution in [0.4, 0.5) is 5.69 Å². The van der Waals surface area contributed by atoms with Crippen LogP contribution in [0.5, 0.6) is 17.2 Å². The second-order valence-electron chi connectivity index (χ2n) is 10.9. The van der Waals surface area contributed by atoms with Gasteiger partial charge in [-0.2, -0.15) is 0 Å². The molecule has 1 atom stereocenters. The van der Waals surface area contributed by atoms with Crippen molar-refractivity contribution in [1.82, 2.24) is 0 Å². The van der Waals surface area contributed by atoms with Crippen molar-refractivity contribution in [2.75, 3.05) is 31.7 Å². The molecule has 0 aliphatic carbocycles. The lowest BCUT2D eigenvalue weighted by molar-refractivity contribution is -0.138. The van der Waals surface area contributed by atoms with Crippen molar-refractivity contribution >= 4 is 29.7 Å². The van der Waals surface area contributed by atoms with Gasteiger partial charge >= 0.3 is 17.9 Å². The molecule has 3 rings (SSSR count). The van der Waals surface area contributed by atoms with Crippen molar-refractivity contribution in [2.45, 2.75) is 45.3 Å². The molecule has 0 saturated carbocycles. The molecule has 3 aromatic carbocycles. The van der Waals surface area contributed by atoms with E-state index in [9.17, 15) is 19.5 Å². The number of hydrogen-bond acceptors (Lipinski definition) is 10. The monoisotopic (exact) mass is 657 g/mol. The number of carbonyl (C=O) groups excluding carboxylic acids is 3. The Bertz CT molecular complexity index is 1540. The molecule has 0 aliphatic heterocycles. The molecule has 0 spiro atoms. The quantitative estimate of drug-likeness (QED) is 0.0439. The first-order chi connectivity index (χ1) is 23.1. The standard InChI is InChI=1S/C38H43NO9/c1-5-35(40)46-25-9-7-23-44-31-15-11-29(12-16-31)21-22-38(4,43)39-34-20-19-33(27-28(34)3)48-37(42)30-13-17-32(18-14-30)45-24-8-10-26-47-36(41)6-2/h5-6,11-22,27,39,43H,1-2,7-10,23-26H2,3-4H3/b22-21+. The van der Waals surface area contributed by atoms with E-state index in [1.54, 1.807) is 61.5 Å². The van der Waals surface area contributed by atoms with E-state index in [0.29, 0.717) is 68.4 Å². The number of nitrogens with one attached hydrogen (secondary N) is 1. The van der Waals surface area contributed by atoms with Crippen LogP contribution in [0.15, 0.2) is 98.1 Å². The summed E-state index contributed by atoms with van der Waals surface area (Å²) in [6, 6.07) is 19.2. The first-order valence-electron chi connectivity index (χ1n) is 15.7. The molecule has 3 aromatic rings. The Morgan fingerprint density at radius 1 is 0.750 bits per heavy atom. The van der Waals surface area contributed by atoms with E-state index in [1.165, 1.54) is 0 Å². The number of aryl methyl sites for hydroxylation is 1. The van der Waals surface area contributed by atoms with Crippen LogP contribution in [0.3, 0.4) is 0 Å². The van der Waals surface area contributed by atoms with Crippen molar-refractivity contribution in [3.63, 3.8) is 0 Å². The van der Waals surface area contributed by atoms with Crippen LogP contribution in [-0.4, -0.2) is 55.2 Å². The maximum atomic E-state index is 12.7. The topological polar surface area (TPSA) is 130 Å². The summed E-state index contributed by atoms with van der Waals surface area (Å²) in [6.07, 6.45) is 8.53. The Hall–Kier alpha value is -5.35. The van der Waals surface area contributed by atoms with Crippen molar-refractivity contribution < 1.29 is 43.2 Å². The van der Waals surface area contributed by atoms with Crippen LogP contribution in [0, 0.1) is 6.92 Å². The molecule has 0 aromatic heterocycles. The molecular formula is C38H43NO9. The Morgan fingerprint density at radius 2 is 1.25 bits per heavy atom. The molecule has 0 heterocycles. The molecule has 10 nitrogen and oxygen atoms in total. The van der Waals surface area contributed by atoms with Crippen molar-refractivity contribution in [3.05, 3.63) is 115 Å². The van der Waals surface area contributed by atoms with Gasteiger partial charge in [0.05, 0.1) is 32.0 Å². The largest absolute Gasteiger partial charge is 0.494 e. The van der Waals surface area contributed by atoms with Crippen molar-refractivity contribution in [2.24, 2.45) is 0 Å². The molecule has 10 heteroatoms. The normalized spacial score (nSPS) is 12.0. The van der Waals surface area contributed by atoms with Gasteiger partial charge in [0.1, 0.15) is 17.2 Å². The molecule has 254 valence electrons. The highest BCUT2D eigenvalue weighted by atomic mass is 16.5. The number of unbranched alkanes of at least 4 members (excludes halogenated alkanes) is 2. The summed E-state index contributed by atoms with van der Waals surface area (Å²) in [7, 11) is 0. The van der Waals surface area contributed by atoms with Gasteiger partial charge in [0, 0.05) is 17.8 Å². The number of aliphatic hydroxyl groups is 1. The average molecular weight is 658 g/mol. The molecule has 0 fully saturated rings. The van der Waals surface area contributed by atoms with Gasteiger partial charge in [0.2, 0.25) is 0 Å². The van der Waals surface area contributed by atoms with E-state index in [0.717, 1.165) is 35.4 Å². The first kappa shape index (κ1) is 37.1. The van der Waals surface area contributed by atoms with Crippen LogP contribution in [0.2, 0.25) is 0 Å². The van der Waals surface area contributed by atoms with Gasteiger partial charge in [-0.3, -0.25) is 0 Å². The average Bonchev–Trinajstić information content (AvgIpc) is 3.08. The number of esters is 3. The van der Waals surface area contributed by atoms with E-state index in [4.69, 9.17) is 23.7 Å². The third-order valence-corrected chi connectivity index (χ3v) is 6.80. The predicted octanol–water partition coefficient (Wildman–Crippen LogP) is 6.82. The summed E-state index contributed by atoms with van der Waals surface area (Å²) in [4.78, 5) is 34.8. The number of carbonyl (C=O) groups is 3. The fourth-order valence-corrected chi connectivity index (χ4v) is 4.19. The maximum Gasteiger partial charge on any atom is 0.343 e. The molecule has 0 radical (unpaired) electrons. The lowest BCUT2D eigenvalue weighted by atomic mass is 10.1. The highest BCUT2D eigenvalue weighted by Crippen LogP contribution is 2.26. The van der Waals surface area contributed by atoms with E-state index in [-0.39, 0.29) is 0 Å². The van der Waals surface area contributed by atoms with Gasteiger partial charge in [-0.05, 0) is 111 Å². The molecule has 2 N–H and O–H groups in total. The lowest BCUT2D eigenvalue weighted by Gasteiger charge is -2.24.